The van der Waals surface area contributed by atoms with E-state index >= 15 is 0 Å². The first-order valence-electron chi connectivity index (χ1n) is 8.41. The maximum atomic E-state index is 12.1. The molecule has 0 fully saturated rings. The Morgan fingerprint density at radius 2 is 1.72 bits per heavy atom. The third-order valence-electron chi connectivity index (χ3n) is 3.70. The molecule has 2 aromatic rings. The molecule has 2 rings (SSSR count). The Morgan fingerprint density at radius 3 is 2.36 bits per heavy atom. The number of rotatable bonds is 7. The van der Waals surface area contributed by atoms with Crippen molar-refractivity contribution in [3.63, 3.8) is 0 Å². The average molecular weight is 340 g/mol. The second kappa shape index (κ2) is 8.87. The van der Waals surface area contributed by atoms with Crippen LogP contribution >= 0.6 is 0 Å². The molecular weight excluding hydrogens is 316 g/mol. The van der Waals surface area contributed by atoms with Crippen LogP contribution in [0, 0.1) is 0 Å². The Morgan fingerprint density at radius 1 is 1.04 bits per heavy atom. The smallest absolute Gasteiger partial charge is 0.262 e. The van der Waals surface area contributed by atoms with Crippen LogP contribution in [0.15, 0.2) is 48.5 Å². The Kier molecular flexibility index (Phi) is 6.57. The van der Waals surface area contributed by atoms with Gasteiger partial charge in [-0.25, -0.2) is 0 Å². The van der Waals surface area contributed by atoms with Gasteiger partial charge < -0.3 is 15.4 Å². The lowest BCUT2D eigenvalue weighted by Crippen LogP contribution is -2.26. The topological polar surface area (TPSA) is 67.4 Å². The molecule has 5 nitrogen and oxygen atoms in total. The highest BCUT2D eigenvalue weighted by Gasteiger charge is 2.12. The first-order chi connectivity index (χ1) is 12.0. The van der Waals surface area contributed by atoms with Crippen molar-refractivity contribution in [2.24, 2.45) is 0 Å². The van der Waals surface area contributed by atoms with Gasteiger partial charge in [-0.3, -0.25) is 9.59 Å². The molecule has 0 aliphatic rings. The monoisotopic (exact) mass is 340 g/mol. The zero-order valence-corrected chi connectivity index (χ0v) is 14.8. The number of carbonyl (C=O) groups excluding carboxylic acids is 2. The molecule has 132 valence electrons. The van der Waals surface area contributed by atoms with Crippen LogP contribution in [-0.2, 0) is 4.79 Å². The van der Waals surface area contributed by atoms with E-state index in [0.717, 1.165) is 0 Å². The quantitative estimate of drug-likeness (QED) is 0.809. The van der Waals surface area contributed by atoms with Crippen molar-refractivity contribution in [1.29, 1.82) is 0 Å². The molecule has 0 spiro atoms. The van der Waals surface area contributed by atoms with Gasteiger partial charge in [0.15, 0.2) is 6.61 Å². The number of hydrogen-bond donors (Lipinski definition) is 2. The maximum Gasteiger partial charge on any atom is 0.262 e. The van der Waals surface area contributed by atoms with Crippen molar-refractivity contribution >= 4 is 17.5 Å². The number of ether oxygens (including phenoxy) is 1. The van der Waals surface area contributed by atoms with Gasteiger partial charge in [0.25, 0.3) is 11.8 Å². The number of anilines is 1. The summed E-state index contributed by atoms with van der Waals surface area (Å²) in [6.07, 6.45) is 0. The van der Waals surface area contributed by atoms with Crippen LogP contribution in [0.5, 0.6) is 5.75 Å². The van der Waals surface area contributed by atoms with E-state index in [-0.39, 0.29) is 18.4 Å². The van der Waals surface area contributed by atoms with Gasteiger partial charge in [-0.2, -0.15) is 0 Å². The number of para-hydroxylation sites is 1. The van der Waals surface area contributed by atoms with Gasteiger partial charge in [-0.1, -0.05) is 38.1 Å². The summed E-state index contributed by atoms with van der Waals surface area (Å²) in [4.78, 5) is 24.1. The van der Waals surface area contributed by atoms with E-state index in [1.54, 1.807) is 24.3 Å². The van der Waals surface area contributed by atoms with E-state index in [2.05, 4.69) is 24.5 Å². The molecule has 0 aromatic heterocycles. The van der Waals surface area contributed by atoms with E-state index in [4.69, 9.17) is 4.74 Å². The molecule has 0 heterocycles. The molecule has 0 bridgehead atoms. The second-order valence-electron chi connectivity index (χ2n) is 5.97. The SMILES string of the molecule is CCNC(=O)c1ccccc1NC(=O)COc1ccc(C(C)C)cc1. The van der Waals surface area contributed by atoms with Gasteiger partial charge in [0, 0.05) is 6.54 Å². The summed E-state index contributed by atoms with van der Waals surface area (Å²) in [6, 6.07) is 14.6. The average Bonchev–Trinajstić information content (AvgIpc) is 2.61. The summed E-state index contributed by atoms with van der Waals surface area (Å²) in [6.45, 7) is 6.49. The van der Waals surface area contributed by atoms with Crippen LogP contribution in [0.4, 0.5) is 5.69 Å². The predicted octanol–water partition coefficient (Wildman–Crippen LogP) is 3.58. The molecular formula is C20H24N2O3. The molecule has 0 atom stereocenters. The van der Waals surface area contributed by atoms with Crippen LogP contribution in [-0.4, -0.2) is 25.0 Å². The lowest BCUT2D eigenvalue weighted by molar-refractivity contribution is -0.118. The highest BCUT2D eigenvalue weighted by atomic mass is 16.5. The van der Waals surface area contributed by atoms with Crippen molar-refractivity contribution in [1.82, 2.24) is 5.32 Å². The first-order valence-corrected chi connectivity index (χ1v) is 8.41. The molecule has 0 unspecified atom stereocenters. The zero-order valence-electron chi connectivity index (χ0n) is 14.8. The van der Waals surface area contributed by atoms with E-state index < -0.39 is 0 Å². The van der Waals surface area contributed by atoms with Crippen LogP contribution in [0.1, 0.15) is 42.6 Å². The molecule has 0 saturated carbocycles. The van der Waals surface area contributed by atoms with E-state index in [0.29, 0.717) is 29.5 Å². The van der Waals surface area contributed by atoms with Gasteiger partial charge in [0.05, 0.1) is 11.3 Å². The van der Waals surface area contributed by atoms with Crippen LogP contribution in [0.25, 0.3) is 0 Å². The van der Waals surface area contributed by atoms with Gasteiger partial charge in [0.1, 0.15) is 5.75 Å². The van der Waals surface area contributed by atoms with Crippen molar-refractivity contribution in [2.75, 3.05) is 18.5 Å². The van der Waals surface area contributed by atoms with E-state index in [9.17, 15) is 9.59 Å². The van der Waals surface area contributed by atoms with Crippen molar-refractivity contribution in [3.05, 3.63) is 59.7 Å². The fourth-order valence-electron chi connectivity index (χ4n) is 2.33. The van der Waals surface area contributed by atoms with Gasteiger partial charge in [0.2, 0.25) is 0 Å². The zero-order chi connectivity index (χ0) is 18.2. The number of hydrogen-bond acceptors (Lipinski definition) is 3. The fourth-order valence-corrected chi connectivity index (χ4v) is 2.33. The normalized spacial score (nSPS) is 10.4. The largest absolute Gasteiger partial charge is 0.484 e. The van der Waals surface area contributed by atoms with Gasteiger partial charge in [-0.15, -0.1) is 0 Å². The summed E-state index contributed by atoms with van der Waals surface area (Å²) in [5, 5.41) is 5.45. The first kappa shape index (κ1) is 18.5. The number of amides is 2. The minimum absolute atomic E-state index is 0.120. The molecule has 2 N–H and O–H groups in total. The third-order valence-corrected chi connectivity index (χ3v) is 3.70. The Labute approximate surface area is 148 Å². The lowest BCUT2D eigenvalue weighted by Gasteiger charge is -2.12. The van der Waals surface area contributed by atoms with Crippen LogP contribution < -0.4 is 15.4 Å². The van der Waals surface area contributed by atoms with Crippen LogP contribution in [0.2, 0.25) is 0 Å². The summed E-state index contributed by atoms with van der Waals surface area (Å²) in [5.41, 5.74) is 2.11. The van der Waals surface area contributed by atoms with Crippen molar-refractivity contribution in [2.45, 2.75) is 26.7 Å². The van der Waals surface area contributed by atoms with E-state index in [1.807, 2.05) is 31.2 Å². The van der Waals surface area contributed by atoms with Crippen molar-refractivity contribution < 1.29 is 14.3 Å². The molecule has 2 amide bonds. The Balaban J connectivity index is 1.95. The lowest BCUT2D eigenvalue weighted by atomic mass is 10.0. The summed E-state index contributed by atoms with van der Waals surface area (Å²) in [7, 11) is 0. The molecule has 0 radical (unpaired) electrons. The van der Waals surface area contributed by atoms with Gasteiger partial charge in [-0.05, 0) is 42.7 Å². The number of nitrogens with one attached hydrogen (secondary N) is 2. The molecule has 25 heavy (non-hydrogen) atoms. The number of benzene rings is 2. The molecule has 0 saturated heterocycles. The predicted molar refractivity (Wildman–Crippen MR) is 99.1 cm³/mol. The molecule has 5 heteroatoms. The van der Waals surface area contributed by atoms with Crippen LogP contribution in [0.3, 0.4) is 0 Å². The highest BCUT2D eigenvalue weighted by molar-refractivity contribution is 6.03. The maximum absolute atomic E-state index is 12.1. The molecule has 0 aliphatic carbocycles. The van der Waals surface area contributed by atoms with Gasteiger partial charge >= 0.3 is 0 Å². The minimum atomic E-state index is -0.315. The fraction of sp³-hybridized carbons (Fsp3) is 0.300. The Hall–Kier alpha value is -2.82. The Bertz CT molecular complexity index is 724. The summed E-state index contributed by atoms with van der Waals surface area (Å²) in [5.74, 6) is 0.549. The van der Waals surface area contributed by atoms with Crippen molar-refractivity contribution in [3.8, 4) is 5.75 Å². The third kappa shape index (κ3) is 5.35. The number of carbonyl (C=O) groups is 2. The summed E-state index contributed by atoms with van der Waals surface area (Å²) >= 11 is 0. The summed E-state index contributed by atoms with van der Waals surface area (Å²) < 4.78 is 5.51. The standard InChI is InChI=1S/C20H24N2O3/c1-4-21-20(24)17-7-5-6-8-18(17)22-19(23)13-25-16-11-9-15(10-12-16)14(2)3/h5-12,14H,4,13H2,1-3H3,(H,21,24)(H,22,23). The minimum Gasteiger partial charge on any atom is -0.484 e. The second-order valence-corrected chi connectivity index (χ2v) is 5.97. The molecule has 0 aliphatic heterocycles. The highest BCUT2D eigenvalue weighted by Crippen LogP contribution is 2.19. The molecule has 2 aromatic carbocycles. The van der Waals surface area contributed by atoms with E-state index in [1.165, 1.54) is 5.56 Å².